The molecule has 4 heteroatoms. The van der Waals surface area contributed by atoms with Gasteiger partial charge in [-0.1, -0.05) is 0 Å². The molecule has 0 fully saturated rings. The number of carboxylic acids is 1. The molecule has 2 N–H and O–H groups in total. The van der Waals surface area contributed by atoms with Crippen molar-refractivity contribution >= 4 is 5.97 Å². The average molecular weight is 169 g/mol. The number of aliphatic hydroxyl groups excluding tert-OH is 1. The zero-order chi connectivity index (χ0) is 5.86. The van der Waals surface area contributed by atoms with Crippen LogP contribution in [0, 0.1) is 0 Å². The van der Waals surface area contributed by atoms with Crippen LogP contribution in [-0.2, 0) is 24.3 Å². The van der Waals surface area contributed by atoms with Crippen molar-refractivity contribution in [3.63, 3.8) is 0 Å². The second-order valence-electron chi connectivity index (χ2n) is 1.45. The van der Waals surface area contributed by atoms with E-state index >= 15 is 0 Å². The molecule has 0 aliphatic carbocycles. The first-order chi connectivity index (χ1) is 3.13. The van der Waals surface area contributed by atoms with Gasteiger partial charge in [-0.2, -0.15) is 0 Å². The molecule has 1 unspecified atom stereocenters. The van der Waals surface area contributed by atoms with Crippen molar-refractivity contribution < 1.29 is 34.5 Å². The van der Waals surface area contributed by atoms with Crippen molar-refractivity contribution in [3.8, 4) is 0 Å². The molecule has 0 spiro atoms. The van der Waals surface area contributed by atoms with Gasteiger partial charge in [0.25, 0.3) is 0 Å². The van der Waals surface area contributed by atoms with Gasteiger partial charge < -0.3 is 10.2 Å². The second-order valence-corrected chi connectivity index (χ2v) is 1.45. The van der Waals surface area contributed by atoms with Crippen LogP contribution in [0.2, 0.25) is 0 Å². The minimum Gasteiger partial charge on any atom is -0.481 e. The number of aliphatic hydroxyl groups is 1. The molecule has 1 atom stereocenters. The molecule has 3 nitrogen and oxygen atoms in total. The second kappa shape index (κ2) is 5.20. The molecule has 0 radical (unpaired) electrons. The Morgan fingerprint density at radius 2 is 2.12 bits per heavy atom. The van der Waals surface area contributed by atoms with Crippen molar-refractivity contribution in [1.82, 2.24) is 0 Å². The van der Waals surface area contributed by atoms with E-state index in [1.807, 2.05) is 0 Å². The fourth-order valence-corrected chi connectivity index (χ4v) is 0.253. The minimum absolute atomic E-state index is 0. The average Bonchev–Trinajstić information content (AvgIpc) is 1.27. The summed E-state index contributed by atoms with van der Waals surface area (Å²) in [6.07, 6.45) is -0.891. The van der Waals surface area contributed by atoms with Crippen LogP contribution in [-0.4, -0.2) is 22.3 Å². The van der Waals surface area contributed by atoms with Crippen LogP contribution >= 0.6 is 0 Å². The van der Waals surface area contributed by atoms with Gasteiger partial charge in [0.05, 0.1) is 12.5 Å². The Kier molecular flexibility index (Phi) is 7.10. The fourth-order valence-electron chi connectivity index (χ4n) is 0.253. The molecule has 0 aromatic heterocycles. The Morgan fingerprint density at radius 1 is 1.75 bits per heavy atom. The SMILES string of the molecule is CC(O)CC(=O)O.[Zn]. The third-order valence-corrected chi connectivity index (χ3v) is 0.470. The van der Waals surface area contributed by atoms with Crippen LogP contribution in [0.3, 0.4) is 0 Å². The van der Waals surface area contributed by atoms with E-state index in [4.69, 9.17) is 10.2 Å². The Hall–Kier alpha value is 0.0534. The summed E-state index contributed by atoms with van der Waals surface area (Å²) < 4.78 is 0. The molecule has 8 heavy (non-hydrogen) atoms. The van der Waals surface area contributed by atoms with Gasteiger partial charge in [-0.15, -0.1) is 0 Å². The summed E-state index contributed by atoms with van der Waals surface area (Å²) in [6, 6.07) is 0. The molecule has 0 amide bonds. The Morgan fingerprint density at radius 3 is 2.12 bits per heavy atom. The third-order valence-electron chi connectivity index (χ3n) is 0.470. The standard InChI is InChI=1S/C4H8O3.Zn/c1-3(5)2-4(6)7;/h3,5H,2H2,1H3,(H,6,7);. The predicted octanol–water partition coefficient (Wildman–Crippen LogP) is -0.161. The monoisotopic (exact) mass is 168 g/mol. The predicted molar refractivity (Wildman–Crippen MR) is 23.9 cm³/mol. The number of rotatable bonds is 2. The van der Waals surface area contributed by atoms with Crippen molar-refractivity contribution in [2.45, 2.75) is 19.4 Å². The van der Waals surface area contributed by atoms with E-state index in [0.29, 0.717) is 0 Å². The maximum Gasteiger partial charge on any atom is 0.305 e. The molecule has 0 aromatic rings. The summed E-state index contributed by atoms with van der Waals surface area (Å²) in [5, 5.41) is 16.3. The van der Waals surface area contributed by atoms with E-state index in [9.17, 15) is 4.79 Å². The van der Waals surface area contributed by atoms with Crippen molar-refractivity contribution in [2.24, 2.45) is 0 Å². The molecule has 0 saturated carbocycles. The first kappa shape index (κ1) is 10.9. The van der Waals surface area contributed by atoms with Crippen molar-refractivity contribution in [1.29, 1.82) is 0 Å². The van der Waals surface area contributed by atoms with Gasteiger partial charge in [0.15, 0.2) is 0 Å². The molecule has 0 aromatic carbocycles. The molecule has 0 heterocycles. The number of hydrogen-bond acceptors (Lipinski definition) is 2. The third kappa shape index (κ3) is 9.41. The first-order valence-electron chi connectivity index (χ1n) is 2.03. The Bertz CT molecular complexity index is 71.7. The first-order valence-corrected chi connectivity index (χ1v) is 2.03. The maximum atomic E-state index is 9.65. The van der Waals surface area contributed by atoms with E-state index in [2.05, 4.69) is 0 Å². The van der Waals surface area contributed by atoms with E-state index in [1.54, 1.807) is 0 Å². The molecule has 44 valence electrons. The summed E-state index contributed by atoms with van der Waals surface area (Å²) in [5.41, 5.74) is 0. The zero-order valence-corrected chi connectivity index (χ0v) is 7.76. The Balaban J connectivity index is 0. The number of hydrogen-bond donors (Lipinski definition) is 2. The number of carboxylic acid groups (broad SMARTS) is 1. The maximum absolute atomic E-state index is 9.65. The molecule has 0 saturated heterocycles. The number of carbonyl (C=O) groups is 1. The molecular formula is C4H8O3Zn. The summed E-state index contributed by atoms with van der Waals surface area (Å²) in [4.78, 5) is 9.65. The topological polar surface area (TPSA) is 57.5 Å². The molecule has 0 aliphatic rings. The summed E-state index contributed by atoms with van der Waals surface area (Å²) in [6.45, 7) is 1.44. The molecular weight excluding hydrogens is 161 g/mol. The van der Waals surface area contributed by atoms with Crippen LogP contribution < -0.4 is 0 Å². The van der Waals surface area contributed by atoms with Crippen LogP contribution in [0.5, 0.6) is 0 Å². The normalized spacial score (nSPS) is 11.8. The van der Waals surface area contributed by atoms with Crippen LogP contribution in [0.4, 0.5) is 0 Å². The summed E-state index contributed by atoms with van der Waals surface area (Å²) >= 11 is 0. The van der Waals surface area contributed by atoms with Gasteiger partial charge in [0, 0.05) is 19.5 Å². The smallest absolute Gasteiger partial charge is 0.305 e. The van der Waals surface area contributed by atoms with Gasteiger partial charge in [0.2, 0.25) is 0 Å². The van der Waals surface area contributed by atoms with E-state index in [-0.39, 0.29) is 25.9 Å². The zero-order valence-electron chi connectivity index (χ0n) is 4.79. The van der Waals surface area contributed by atoms with E-state index in [0.717, 1.165) is 0 Å². The van der Waals surface area contributed by atoms with E-state index in [1.165, 1.54) is 6.92 Å². The summed E-state index contributed by atoms with van der Waals surface area (Å²) in [5.74, 6) is -0.963. The largest absolute Gasteiger partial charge is 0.481 e. The minimum atomic E-state index is -0.963. The van der Waals surface area contributed by atoms with Gasteiger partial charge in [0.1, 0.15) is 0 Å². The van der Waals surface area contributed by atoms with Gasteiger partial charge >= 0.3 is 5.97 Å². The quantitative estimate of drug-likeness (QED) is 0.565. The van der Waals surface area contributed by atoms with Gasteiger partial charge in [-0.05, 0) is 6.92 Å². The van der Waals surface area contributed by atoms with E-state index < -0.39 is 12.1 Å². The fraction of sp³-hybridized carbons (Fsp3) is 0.750. The van der Waals surface area contributed by atoms with Crippen LogP contribution in [0.25, 0.3) is 0 Å². The molecule has 0 bridgehead atoms. The Labute approximate surface area is 60.5 Å². The summed E-state index contributed by atoms with van der Waals surface area (Å²) in [7, 11) is 0. The molecule has 0 rings (SSSR count). The van der Waals surface area contributed by atoms with Crippen LogP contribution in [0.1, 0.15) is 13.3 Å². The van der Waals surface area contributed by atoms with Crippen molar-refractivity contribution in [3.05, 3.63) is 0 Å². The van der Waals surface area contributed by atoms with Crippen LogP contribution in [0.15, 0.2) is 0 Å². The van der Waals surface area contributed by atoms with Gasteiger partial charge in [-0.3, -0.25) is 4.79 Å². The van der Waals surface area contributed by atoms with Crippen molar-refractivity contribution in [2.75, 3.05) is 0 Å². The van der Waals surface area contributed by atoms with Gasteiger partial charge in [-0.25, -0.2) is 0 Å². The number of aliphatic carboxylic acids is 1. The molecule has 0 aliphatic heterocycles.